The van der Waals surface area contributed by atoms with Crippen molar-refractivity contribution in [1.29, 1.82) is 0 Å². The van der Waals surface area contributed by atoms with Crippen LogP contribution in [0.15, 0.2) is 12.1 Å². The van der Waals surface area contributed by atoms with Crippen molar-refractivity contribution in [1.82, 2.24) is 15.2 Å². The van der Waals surface area contributed by atoms with E-state index in [2.05, 4.69) is 10.3 Å². The van der Waals surface area contributed by atoms with E-state index in [1.165, 1.54) is 0 Å². The van der Waals surface area contributed by atoms with Crippen LogP contribution in [0.25, 0.3) is 0 Å². The van der Waals surface area contributed by atoms with E-state index in [1.807, 2.05) is 11.8 Å². The van der Waals surface area contributed by atoms with Crippen molar-refractivity contribution in [3.63, 3.8) is 0 Å². The highest BCUT2D eigenvalue weighted by atomic mass is 35.5. The summed E-state index contributed by atoms with van der Waals surface area (Å²) in [6, 6.07) is 3.32. The minimum Gasteiger partial charge on any atom is -0.352 e. The molecular formula is C15H20ClN3O2. The molecule has 1 fully saturated rings. The van der Waals surface area contributed by atoms with Crippen LogP contribution in [0.5, 0.6) is 0 Å². The number of aryl methyl sites for hydroxylation is 1. The van der Waals surface area contributed by atoms with Crippen LogP contribution >= 0.6 is 11.6 Å². The van der Waals surface area contributed by atoms with Crippen molar-refractivity contribution >= 4 is 23.4 Å². The van der Waals surface area contributed by atoms with Crippen LogP contribution in [0.4, 0.5) is 0 Å². The number of nitrogens with zero attached hydrogens (tertiary/aromatic N) is 2. The molecule has 0 spiro atoms. The molecule has 0 radical (unpaired) electrons. The number of halogens is 1. The summed E-state index contributed by atoms with van der Waals surface area (Å²) >= 11 is 5.90. The van der Waals surface area contributed by atoms with E-state index in [0.717, 1.165) is 31.5 Å². The second kappa shape index (κ2) is 7.41. The number of carbonyl (C=O) groups is 2. The molecule has 1 aliphatic rings. The summed E-state index contributed by atoms with van der Waals surface area (Å²) in [5, 5.41) is 3.19. The van der Waals surface area contributed by atoms with Crippen molar-refractivity contribution in [2.24, 2.45) is 0 Å². The molecule has 1 N–H and O–H groups in total. The van der Waals surface area contributed by atoms with Crippen LogP contribution in [0.3, 0.4) is 0 Å². The Bertz CT molecular complexity index is 534. The minimum absolute atomic E-state index is 0.151. The molecule has 114 valence electrons. The SMILES string of the molecule is CCc1cc(C(=O)NCCCN2CCCC2=O)cc(Cl)n1. The van der Waals surface area contributed by atoms with Gasteiger partial charge in [0.2, 0.25) is 5.91 Å². The first-order valence-corrected chi connectivity index (χ1v) is 7.70. The Balaban J connectivity index is 1.79. The lowest BCUT2D eigenvalue weighted by Gasteiger charge is -2.15. The number of rotatable bonds is 6. The van der Waals surface area contributed by atoms with Gasteiger partial charge in [-0.05, 0) is 31.4 Å². The first-order chi connectivity index (χ1) is 10.1. The molecule has 0 unspecified atom stereocenters. The lowest BCUT2D eigenvalue weighted by Crippen LogP contribution is -2.30. The molecule has 6 heteroatoms. The average molecular weight is 310 g/mol. The van der Waals surface area contributed by atoms with Gasteiger partial charge >= 0.3 is 0 Å². The molecule has 1 aromatic rings. The Hall–Kier alpha value is -1.62. The predicted molar refractivity (Wildman–Crippen MR) is 81.4 cm³/mol. The highest BCUT2D eigenvalue weighted by Gasteiger charge is 2.19. The van der Waals surface area contributed by atoms with Gasteiger partial charge in [0.05, 0.1) is 0 Å². The molecule has 2 amide bonds. The predicted octanol–water partition coefficient (Wildman–Crippen LogP) is 2.04. The lowest BCUT2D eigenvalue weighted by atomic mass is 10.2. The largest absolute Gasteiger partial charge is 0.352 e. The van der Waals surface area contributed by atoms with Crippen LogP contribution in [-0.4, -0.2) is 41.3 Å². The first-order valence-electron chi connectivity index (χ1n) is 7.32. The molecule has 2 rings (SSSR count). The summed E-state index contributed by atoms with van der Waals surface area (Å²) in [7, 11) is 0. The van der Waals surface area contributed by atoms with Crippen molar-refractivity contribution in [3.8, 4) is 0 Å². The monoisotopic (exact) mass is 309 g/mol. The Morgan fingerprint density at radius 2 is 2.29 bits per heavy atom. The third-order valence-electron chi connectivity index (χ3n) is 3.53. The zero-order valence-corrected chi connectivity index (χ0v) is 12.9. The summed E-state index contributed by atoms with van der Waals surface area (Å²) < 4.78 is 0. The highest BCUT2D eigenvalue weighted by Crippen LogP contribution is 2.12. The average Bonchev–Trinajstić information content (AvgIpc) is 2.88. The fourth-order valence-corrected chi connectivity index (χ4v) is 2.60. The van der Waals surface area contributed by atoms with Crippen LogP contribution < -0.4 is 5.32 Å². The molecular weight excluding hydrogens is 290 g/mol. The first kappa shape index (κ1) is 15.8. The van der Waals surface area contributed by atoms with Gasteiger partial charge < -0.3 is 10.2 Å². The lowest BCUT2D eigenvalue weighted by molar-refractivity contribution is -0.127. The van der Waals surface area contributed by atoms with Crippen molar-refractivity contribution in [2.75, 3.05) is 19.6 Å². The van der Waals surface area contributed by atoms with Crippen LogP contribution in [0.1, 0.15) is 42.2 Å². The quantitative estimate of drug-likeness (QED) is 0.646. The van der Waals surface area contributed by atoms with Crippen molar-refractivity contribution in [2.45, 2.75) is 32.6 Å². The molecule has 0 aliphatic carbocycles. The molecule has 5 nitrogen and oxygen atoms in total. The highest BCUT2D eigenvalue weighted by molar-refractivity contribution is 6.29. The smallest absolute Gasteiger partial charge is 0.251 e. The molecule has 21 heavy (non-hydrogen) atoms. The van der Waals surface area contributed by atoms with E-state index >= 15 is 0 Å². The Labute approximate surface area is 129 Å². The third kappa shape index (κ3) is 4.43. The normalized spacial score (nSPS) is 14.6. The number of hydrogen-bond acceptors (Lipinski definition) is 3. The molecule has 0 saturated carbocycles. The number of aromatic nitrogens is 1. The van der Waals surface area contributed by atoms with E-state index in [4.69, 9.17) is 11.6 Å². The minimum atomic E-state index is -0.151. The van der Waals surface area contributed by atoms with E-state index in [-0.39, 0.29) is 11.8 Å². The topological polar surface area (TPSA) is 62.3 Å². The summed E-state index contributed by atoms with van der Waals surface area (Å²) in [5.41, 5.74) is 1.33. The van der Waals surface area contributed by atoms with Gasteiger partial charge in [0, 0.05) is 37.3 Å². The number of nitrogens with one attached hydrogen (secondary N) is 1. The van der Waals surface area contributed by atoms with E-state index < -0.39 is 0 Å². The van der Waals surface area contributed by atoms with Gasteiger partial charge in [-0.1, -0.05) is 18.5 Å². The zero-order valence-electron chi connectivity index (χ0n) is 12.2. The fraction of sp³-hybridized carbons (Fsp3) is 0.533. The summed E-state index contributed by atoms with van der Waals surface area (Å²) in [6.07, 6.45) is 3.09. The fourth-order valence-electron chi connectivity index (χ4n) is 2.38. The van der Waals surface area contributed by atoms with Gasteiger partial charge in [-0.2, -0.15) is 0 Å². The molecule has 0 aromatic carbocycles. The standard InChI is InChI=1S/C15H20ClN3O2/c1-2-12-9-11(10-13(16)18-12)15(21)17-6-4-8-19-7-3-5-14(19)20/h9-10H,2-8H2,1H3,(H,17,21). The molecule has 0 bridgehead atoms. The third-order valence-corrected chi connectivity index (χ3v) is 3.73. The van der Waals surface area contributed by atoms with Crippen molar-refractivity contribution in [3.05, 3.63) is 28.5 Å². The van der Waals surface area contributed by atoms with Crippen LogP contribution in [0, 0.1) is 0 Å². The number of pyridine rings is 1. The maximum atomic E-state index is 12.0. The van der Waals surface area contributed by atoms with Gasteiger partial charge in [-0.25, -0.2) is 4.98 Å². The van der Waals surface area contributed by atoms with E-state index in [1.54, 1.807) is 12.1 Å². The number of carbonyl (C=O) groups excluding carboxylic acids is 2. The van der Waals surface area contributed by atoms with Gasteiger partial charge in [-0.3, -0.25) is 9.59 Å². The second-order valence-corrected chi connectivity index (χ2v) is 5.50. The van der Waals surface area contributed by atoms with Crippen molar-refractivity contribution < 1.29 is 9.59 Å². The molecule has 1 aliphatic heterocycles. The van der Waals surface area contributed by atoms with Crippen LogP contribution in [-0.2, 0) is 11.2 Å². The summed E-state index contributed by atoms with van der Waals surface area (Å²) in [5.74, 6) is 0.0663. The van der Waals surface area contributed by atoms with E-state index in [9.17, 15) is 9.59 Å². The molecule has 1 aromatic heterocycles. The Morgan fingerprint density at radius 3 is 2.95 bits per heavy atom. The summed E-state index contributed by atoms with van der Waals surface area (Å²) in [4.78, 5) is 29.5. The molecule has 1 saturated heterocycles. The number of hydrogen-bond donors (Lipinski definition) is 1. The van der Waals surface area contributed by atoms with Gasteiger partial charge in [0.15, 0.2) is 0 Å². The molecule has 2 heterocycles. The maximum Gasteiger partial charge on any atom is 0.251 e. The van der Waals surface area contributed by atoms with Gasteiger partial charge in [0.25, 0.3) is 5.91 Å². The van der Waals surface area contributed by atoms with Gasteiger partial charge in [0.1, 0.15) is 5.15 Å². The Morgan fingerprint density at radius 1 is 1.48 bits per heavy atom. The zero-order chi connectivity index (χ0) is 15.2. The number of likely N-dealkylation sites (tertiary alicyclic amines) is 1. The summed E-state index contributed by atoms with van der Waals surface area (Å²) in [6.45, 7) is 4.06. The van der Waals surface area contributed by atoms with E-state index in [0.29, 0.717) is 30.2 Å². The number of amides is 2. The van der Waals surface area contributed by atoms with Crippen LogP contribution in [0.2, 0.25) is 5.15 Å². The maximum absolute atomic E-state index is 12.0. The molecule has 0 atom stereocenters. The second-order valence-electron chi connectivity index (χ2n) is 5.12. The Kier molecular flexibility index (Phi) is 5.56. The van der Waals surface area contributed by atoms with Gasteiger partial charge in [-0.15, -0.1) is 0 Å².